The fourth-order valence-corrected chi connectivity index (χ4v) is 3.97. The number of carbonyl (C=O) groups excluding carboxylic acids is 1. The molecular weight excluding hydrogens is 320 g/mol. The molecule has 1 aromatic heterocycles. The van der Waals surface area contributed by atoms with E-state index < -0.39 is 10.0 Å². The van der Waals surface area contributed by atoms with Gasteiger partial charge in [0.1, 0.15) is 11.4 Å². The summed E-state index contributed by atoms with van der Waals surface area (Å²) in [6.07, 6.45) is 4.30. The van der Waals surface area contributed by atoms with Crippen LogP contribution in [0.1, 0.15) is 29.0 Å². The first kappa shape index (κ1) is 16.5. The van der Waals surface area contributed by atoms with Crippen molar-refractivity contribution in [2.24, 2.45) is 5.92 Å². The zero-order valence-corrected chi connectivity index (χ0v) is 14.2. The minimum absolute atomic E-state index is 0.0367. The predicted molar refractivity (Wildman–Crippen MR) is 83.6 cm³/mol. The van der Waals surface area contributed by atoms with Crippen LogP contribution in [0, 0.1) is 12.8 Å². The SMILES string of the molecule is Cc1occc1C(=O)N1CC2(C1)OCCC2CCNS(C)(=O)=O. The molecule has 0 bridgehead atoms. The first-order valence-corrected chi connectivity index (χ1v) is 9.62. The quantitative estimate of drug-likeness (QED) is 0.853. The number of amides is 1. The van der Waals surface area contributed by atoms with Crippen molar-refractivity contribution < 1.29 is 22.4 Å². The zero-order chi connectivity index (χ0) is 16.7. The number of carbonyl (C=O) groups is 1. The van der Waals surface area contributed by atoms with Gasteiger partial charge in [-0.05, 0) is 31.7 Å². The minimum Gasteiger partial charge on any atom is -0.469 e. The summed E-state index contributed by atoms with van der Waals surface area (Å²) in [5.74, 6) is 0.855. The molecule has 1 N–H and O–H groups in total. The number of furan rings is 1. The number of sulfonamides is 1. The molecule has 2 fully saturated rings. The number of nitrogens with one attached hydrogen (secondary N) is 1. The Morgan fingerprint density at radius 3 is 2.83 bits per heavy atom. The van der Waals surface area contributed by atoms with Crippen molar-refractivity contribution in [2.75, 3.05) is 32.5 Å². The van der Waals surface area contributed by atoms with E-state index in [4.69, 9.17) is 9.15 Å². The van der Waals surface area contributed by atoms with Gasteiger partial charge in [0.25, 0.3) is 5.91 Å². The van der Waals surface area contributed by atoms with Gasteiger partial charge in [-0.3, -0.25) is 4.79 Å². The molecule has 7 nitrogen and oxygen atoms in total. The molecule has 3 heterocycles. The Morgan fingerprint density at radius 1 is 1.48 bits per heavy atom. The monoisotopic (exact) mass is 342 g/mol. The smallest absolute Gasteiger partial charge is 0.257 e. The van der Waals surface area contributed by atoms with Crippen LogP contribution in [0.15, 0.2) is 16.7 Å². The van der Waals surface area contributed by atoms with Crippen LogP contribution in [0.2, 0.25) is 0 Å². The van der Waals surface area contributed by atoms with Gasteiger partial charge in [-0.2, -0.15) is 0 Å². The maximum absolute atomic E-state index is 12.4. The molecule has 1 atom stereocenters. The summed E-state index contributed by atoms with van der Waals surface area (Å²) < 4.78 is 35.9. The Hall–Kier alpha value is -1.38. The maximum Gasteiger partial charge on any atom is 0.257 e. The number of rotatable bonds is 5. The maximum atomic E-state index is 12.4. The molecule has 23 heavy (non-hydrogen) atoms. The summed E-state index contributed by atoms with van der Waals surface area (Å²) in [6, 6.07) is 1.69. The summed E-state index contributed by atoms with van der Waals surface area (Å²) in [5.41, 5.74) is 0.278. The normalized spacial score (nSPS) is 23.2. The largest absolute Gasteiger partial charge is 0.469 e. The van der Waals surface area contributed by atoms with Crippen molar-refractivity contribution >= 4 is 15.9 Å². The van der Waals surface area contributed by atoms with E-state index in [9.17, 15) is 13.2 Å². The lowest BCUT2D eigenvalue weighted by Crippen LogP contribution is -2.66. The molecule has 128 valence electrons. The fourth-order valence-electron chi connectivity index (χ4n) is 3.48. The van der Waals surface area contributed by atoms with Crippen LogP contribution >= 0.6 is 0 Å². The van der Waals surface area contributed by atoms with E-state index in [1.54, 1.807) is 17.9 Å². The molecule has 3 rings (SSSR count). The topological polar surface area (TPSA) is 88.8 Å². The molecule has 1 spiro atoms. The third-order valence-corrected chi connectivity index (χ3v) is 5.48. The van der Waals surface area contributed by atoms with Crippen LogP contribution in [0.3, 0.4) is 0 Å². The Bertz CT molecular complexity index is 690. The minimum atomic E-state index is -3.17. The molecule has 0 aliphatic carbocycles. The van der Waals surface area contributed by atoms with Crippen molar-refractivity contribution in [1.29, 1.82) is 0 Å². The molecule has 1 aromatic rings. The average molecular weight is 342 g/mol. The van der Waals surface area contributed by atoms with Gasteiger partial charge in [-0.1, -0.05) is 0 Å². The Kier molecular flexibility index (Phi) is 4.24. The summed E-state index contributed by atoms with van der Waals surface area (Å²) in [6.45, 7) is 3.95. The molecule has 2 aliphatic rings. The van der Waals surface area contributed by atoms with Crippen LogP contribution in [-0.4, -0.2) is 57.3 Å². The van der Waals surface area contributed by atoms with Gasteiger partial charge in [-0.15, -0.1) is 0 Å². The lowest BCUT2D eigenvalue weighted by molar-refractivity contribution is -0.117. The lowest BCUT2D eigenvalue weighted by Gasteiger charge is -2.50. The first-order chi connectivity index (χ1) is 10.8. The van der Waals surface area contributed by atoms with Gasteiger partial charge in [0.15, 0.2) is 0 Å². The highest BCUT2D eigenvalue weighted by Gasteiger charge is 2.54. The van der Waals surface area contributed by atoms with Crippen LogP contribution in [0.5, 0.6) is 0 Å². The number of aryl methyl sites for hydroxylation is 1. The van der Waals surface area contributed by atoms with Crippen molar-refractivity contribution in [3.8, 4) is 0 Å². The molecule has 0 radical (unpaired) electrons. The van der Waals surface area contributed by atoms with Gasteiger partial charge in [0.05, 0.1) is 31.2 Å². The number of hydrogen-bond acceptors (Lipinski definition) is 5. The molecule has 8 heteroatoms. The molecule has 1 unspecified atom stereocenters. The molecule has 1 amide bonds. The molecule has 0 aromatic carbocycles. The van der Waals surface area contributed by atoms with Crippen LogP contribution in [-0.2, 0) is 14.8 Å². The molecule has 2 saturated heterocycles. The van der Waals surface area contributed by atoms with E-state index in [0.717, 1.165) is 19.1 Å². The first-order valence-electron chi connectivity index (χ1n) is 7.73. The third kappa shape index (κ3) is 3.29. The number of ether oxygens (including phenoxy) is 1. The molecule has 2 aliphatic heterocycles. The number of nitrogens with zero attached hydrogens (tertiary/aromatic N) is 1. The molecule has 0 saturated carbocycles. The number of likely N-dealkylation sites (tertiary alicyclic amines) is 1. The summed E-state index contributed by atoms with van der Waals surface area (Å²) >= 11 is 0. The molecular formula is C15H22N2O5S. The van der Waals surface area contributed by atoms with E-state index in [2.05, 4.69) is 4.72 Å². The second kappa shape index (κ2) is 5.92. The highest BCUT2D eigenvalue weighted by Crippen LogP contribution is 2.42. The van der Waals surface area contributed by atoms with E-state index in [1.165, 1.54) is 6.26 Å². The predicted octanol–water partition coefficient (Wildman–Crippen LogP) is 0.758. The summed E-state index contributed by atoms with van der Waals surface area (Å²) in [4.78, 5) is 14.2. The van der Waals surface area contributed by atoms with Crippen molar-refractivity contribution in [3.63, 3.8) is 0 Å². The standard InChI is InChI=1S/C15H22N2O5S/c1-11-13(5-7-21-11)14(18)17-9-15(10-17)12(4-8-22-15)3-6-16-23(2,19)20/h5,7,12,16H,3-4,6,8-10H2,1-2H3. The van der Waals surface area contributed by atoms with E-state index in [1.807, 2.05) is 0 Å². The van der Waals surface area contributed by atoms with E-state index in [-0.39, 0.29) is 17.4 Å². The second-order valence-corrected chi connectivity index (χ2v) is 8.24. The van der Waals surface area contributed by atoms with Crippen LogP contribution in [0.4, 0.5) is 0 Å². The highest BCUT2D eigenvalue weighted by atomic mass is 32.2. The number of hydrogen-bond donors (Lipinski definition) is 1. The van der Waals surface area contributed by atoms with Crippen molar-refractivity contribution in [1.82, 2.24) is 9.62 Å². The van der Waals surface area contributed by atoms with Gasteiger partial charge >= 0.3 is 0 Å². The van der Waals surface area contributed by atoms with Crippen molar-refractivity contribution in [3.05, 3.63) is 23.7 Å². The second-order valence-electron chi connectivity index (χ2n) is 6.41. The van der Waals surface area contributed by atoms with Gasteiger partial charge in [-0.25, -0.2) is 13.1 Å². The lowest BCUT2D eigenvalue weighted by atomic mass is 9.78. The van der Waals surface area contributed by atoms with Crippen LogP contribution < -0.4 is 4.72 Å². The third-order valence-electron chi connectivity index (χ3n) is 4.75. The fraction of sp³-hybridized carbons (Fsp3) is 0.667. The summed E-state index contributed by atoms with van der Waals surface area (Å²) in [7, 11) is -3.17. The van der Waals surface area contributed by atoms with Gasteiger partial charge in [0.2, 0.25) is 10.0 Å². The Morgan fingerprint density at radius 2 is 2.22 bits per heavy atom. The zero-order valence-electron chi connectivity index (χ0n) is 13.4. The van der Waals surface area contributed by atoms with Crippen LogP contribution in [0.25, 0.3) is 0 Å². The summed E-state index contributed by atoms with van der Waals surface area (Å²) in [5, 5.41) is 0. The van der Waals surface area contributed by atoms with Gasteiger partial charge < -0.3 is 14.1 Å². The van der Waals surface area contributed by atoms with E-state index >= 15 is 0 Å². The van der Waals surface area contributed by atoms with Gasteiger partial charge in [0, 0.05) is 13.2 Å². The average Bonchev–Trinajstić information content (AvgIpc) is 3.01. The highest BCUT2D eigenvalue weighted by molar-refractivity contribution is 7.88. The van der Waals surface area contributed by atoms with E-state index in [0.29, 0.717) is 37.6 Å². The Labute approximate surface area is 136 Å². The Balaban J connectivity index is 1.57. The van der Waals surface area contributed by atoms with Crippen molar-refractivity contribution in [2.45, 2.75) is 25.4 Å².